The summed E-state index contributed by atoms with van der Waals surface area (Å²) >= 11 is 0. The average Bonchev–Trinajstić information content (AvgIpc) is 2.63. The first-order chi connectivity index (χ1) is 11.7. The van der Waals surface area contributed by atoms with Crippen molar-refractivity contribution in [3.8, 4) is 17.0 Å². The molecule has 0 spiro atoms. The molecule has 0 saturated carbocycles. The molecule has 0 aliphatic heterocycles. The number of ketones is 1. The standard InChI is InChI=1S/C19H16FN2O2.BrH/c1-24-17-8-4-15(5-9-17)19(23)12-22-11-10-18(21-13-22)14-2-6-16(20)7-3-14;/h2-11,13H,12H2,1H3;1H/q+1;/p-1. The normalized spacial score (nSPS) is 10.0. The van der Waals surface area contributed by atoms with E-state index in [-0.39, 0.29) is 35.1 Å². The maximum atomic E-state index is 12.9. The van der Waals surface area contributed by atoms with Gasteiger partial charge in [-0.3, -0.25) is 4.79 Å². The maximum Gasteiger partial charge on any atom is 0.287 e. The van der Waals surface area contributed by atoms with Crippen LogP contribution < -0.4 is 26.3 Å². The summed E-state index contributed by atoms with van der Waals surface area (Å²) in [5.41, 5.74) is 2.17. The van der Waals surface area contributed by atoms with Crippen LogP contribution in [0, 0.1) is 5.82 Å². The lowest BCUT2D eigenvalue weighted by atomic mass is 10.1. The second-order valence-electron chi connectivity index (χ2n) is 5.28. The zero-order valence-corrected chi connectivity index (χ0v) is 15.1. The Bertz CT molecular complexity index is 835. The van der Waals surface area contributed by atoms with Gasteiger partial charge in [-0.2, -0.15) is 0 Å². The van der Waals surface area contributed by atoms with E-state index in [2.05, 4.69) is 4.98 Å². The molecule has 0 amide bonds. The molecule has 1 heterocycles. The van der Waals surface area contributed by atoms with Crippen LogP contribution in [0.25, 0.3) is 11.3 Å². The van der Waals surface area contributed by atoms with Gasteiger partial charge in [0.2, 0.25) is 5.78 Å². The SMILES string of the molecule is COc1ccc(C(=O)C[n+]2ccc(-c3ccc(F)cc3)nc2)cc1.[Br-]. The number of benzene rings is 2. The molecule has 0 aliphatic rings. The minimum atomic E-state index is -0.283. The number of ether oxygens (including phenoxy) is 1. The molecule has 0 radical (unpaired) electrons. The van der Waals surface area contributed by atoms with E-state index in [1.807, 2.05) is 0 Å². The van der Waals surface area contributed by atoms with E-state index in [9.17, 15) is 9.18 Å². The van der Waals surface area contributed by atoms with Crippen LogP contribution in [0.5, 0.6) is 5.75 Å². The highest BCUT2D eigenvalue weighted by molar-refractivity contribution is 5.95. The summed E-state index contributed by atoms with van der Waals surface area (Å²) in [6.07, 6.45) is 3.38. The maximum absolute atomic E-state index is 12.9. The summed E-state index contributed by atoms with van der Waals surface area (Å²) in [6.45, 7) is 0.197. The Labute approximate surface area is 155 Å². The van der Waals surface area contributed by atoms with Crippen molar-refractivity contribution in [1.82, 2.24) is 4.98 Å². The second-order valence-corrected chi connectivity index (χ2v) is 5.28. The number of hydrogen-bond acceptors (Lipinski definition) is 3. The van der Waals surface area contributed by atoms with E-state index in [0.717, 1.165) is 11.3 Å². The van der Waals surface area contributed by atoms with Crippen molar-refractivity contribution >= 4 is 5.78 Å². The van der Waals surface area contributed by atoms with E-state index in [1.54, 1.807) is 66.7 Å². The smallest absolute Gasteiger partial charge is 0.287 e. The summed E-state index contributed by atoms with van der Waals surface area (Å²) in [5, 5.41) is 0. The zero-order chi connectivity index (χ0) is 16.9. The minimum absolute atomic E-state index is 0. The Hall–Kier alpha value is -2.60. The van der Waals surface area contributed by atoms with Crippen molar-refractivity contribution in [2.45, 2.75) is 6.54 Å². The largest absolute Gasteiger partial charge is 1.00 e. The Kier molecular flexibility index (Phi) is 6.36. The number of nitrogens with zero attached hydrogens (tertiary/aromatic N) is 2. The fourth-order valence-electron chi connectivity index (χ4n) is 2.30. The zero-order valence-electron chi connectivity index (χ0n) is 13.5. The van der Waals surface area contributed by atoms with Gasteiger partial charge in [0.15, 0.2) is 12.2 Å². The highest BCUT2D eigenvalue weighted by atomic mass is 79.9. The van der Waals surface area contributed by atoms with Gasteiger partial charge < -0.3 is 21.7 Å². The highest BCUT2D eigenvalue weighted by Gasteiger charge is 2.12. The molecule has 0 unspecified atom stereocenters. The number of carbonyl (C=O) groups excluding carboxylic acids is 1. The molecule has 0 atom stereocenters. The van der Waals surface area contributed by atoms with E-state index in [1.165, 1.54) is 12.1 Å². The molecular formula is C19H16BrFN2O2. The van der Waals surface area contributed by atoms with Crippen LogP contribution in [-0.4, -0.2) is 17.9 Å². The van der Waals surface area contributed by atoms with Gasteiger partial charge in [-0.15, -0.1) is 0 Å². The van der Waals surface area contributed by atoms with E-state index in [4.69, 9.17) is 4.74 Å². The lowest BCUT2D eigenvalue weighted by Crippen LogP contribution is -3.00. The van der Waals surface area contributed by atoms with Crippen LogP contribution in [0.15, 0.2) is 67.1 Å². The molecule has 128 valence electrons. The number of Topliss-reactive ketones (excluding diaryl/α,β-unsaturated/α-hetero) is 1. The average molecular weight is 403 g/mol. The van der Waals surface area contributed by atoms with E-state index < -0.39 is 0 Å². The predicted molar refractivity (Wildman–Crippen MR) is 87.2 cm³/mol. The Morgan fingerprint density at radius 2 is 1.76 bits per heavy atom. The second kappa shape index (κ2) is 8.48. The van der Waals surface area contributed by atoms with Crippen LogP contribution >= 0.6 is 0 Å². The molecule has 3 rings (SSSR count). The Balaban J connectivity index is 0.00000225. The summed E-state index contributed by atoms with van der Waals surface area (Å²) in [4.78, 5) is 16.6. The summed E-state index contributed by atoms with van der Waals surface area (Å²) in [5.74, 6) is 0.415. The number of methoxy groups -OCH3 is 1. The summed E-state index contributed by atoms with van der Waals surface area (Å²) in [7, 11) is 1.58. The first-order valence-electron chi connectivity index (χ1n) is 7.44. The van der Waals surface area contributed by atoms with Crippen LogP contribution in [0.4, 0.5) is 4.39 Å². The van der Waals surface area contributed by atoms with Gasteiger partial charge >= 0.3 is 0 Å². The van der Waals surface area contributed by atoms with Gasteiger partial charge in [-0.05, 0) is 53.5 Å². The lowest BCUT2D eigenvalue weighted by Gasteiger charge is -2.02. The molecule has 6 heteroatoms. The molecule has 2 aromatic carbocycles. The molecule has 0 N–H and O–H groups in total. The van der Waals surface area contributed by atoms with Crippen molar-refractivity contribution in [2.75, 3.05) is 7.11 Å². The summed E-state index contributed by atoms with van der Waals surface area (Å²) < 4.78 is 19.7. The molecule has 25 heavy (non-hydrogen) atoms. The first-order valence-corrected chi connectivity index (χ1v) is 7.44. The van der Waals surface area contributed by atoms with Gasteiger partial charge in [0.1, 0.15) is 11.6 Å². The van der Waals surface area contributed by atoms with Gasteiger partial charge in [-0.1, -0.05) is 0 Å². The van der Waals surface area contributed by atoms with Crippen molar-refractivity contribution in [3.63, 3.8) is 0 Å². The fourth-order valence-corrected chi connectivity index (χ4v) is 2.30. The number of halogens is 2. The summed E-state index contributed by atoms with van der Waals surface area (Å²) in [6, 6.07) is 14.9. The number of carbonyl (C=O) groups is 1. The molecule has 1 aromatic heterocycles. The van der Waals surface area contributed by atoms with Crippen molar-refractivity contribution in [2.24, 2.45) is 0 Å². The van der Waals surface area contributed by atoms with Gasteiger partial charge in [0.25, 0.3) is 6.33 Å². The van der Waals surface area contributed by atoms with E-state index >= 15 is 0 Å². The number of aromatic nitrogens is 2. The third kappa shape index (κ3) is 4.70. The highest BCUT2D eigenvalue weighted by Crippen LogP contribution is 2.15. The van der Waals surface area contributed by atoms with Crippen molar-refractivity contribution < 1.29 is 35.5 Å². The van der Waals surface area contributed by atoms with Crippen LogP contribution in [0.2, 0.25) is 0 Å². The lowest BCUT2D eigenvalue weighted by molar-refractivity contribution is -0.686. The Morgan fingerprint density at radius 3 is 2.32 bits per heavy atom. The van der Waals surface area contributed by atoms with Crippen LogP contribution in [0.1, 0.15) is 10.4 Å². The topological polar surface area (TPSA) is 43.1 Å². The molecule has 0 saturated heterocycles. The van der Waals surface area contributed by atoms with Crippen LogP contribution in [-0.2, 0) is 6.54 Å². The Morgan fingerprint density at radius 1 is 1.08 bits per heavy atom. The fraction of sp³-hybridized carbons (Fsp3) is 0.105. The van der Waals surface area contributed by atoms with Crippen LogP contribution in [0.3, 0.4) is 0 Å². The predicted octanol–water partition coefficient (Wildman–Crippen LogP) is 0.0707. The molecular weight excluding hydrogens is 387 g/mol. The van der Waals surface area contributed by atoms with Crippen molar-refractivity contribution in [1.29, 1.82) is 0 Å². The number of hydrogen-bond donors (Lipinski definition) is 0. The molecule has 0 bridgehead atoms. The minimum Gasteiger partial charge on any atom is -1.00 e. The monoisotopic (exact) mass is 402 g/mol. The third-order valence-corrected chi connectivity index (χ3v) is 3.65. The van der Waals surface area contributed by atoms with E-state index in [0.29, 0.717) is 11.3 Å². The first kappa shape index (κ1) is 18.7. The quantitative estimate of drug-likeness (QED) is 0.448. The molecule has 0 fully saturated rings. The number of rotatable bonds is 5. The van der Waals surface area contributed by atoms with Gasteiger partial charge in [0.05, 0.1) is 13.3 Å². The van der Waals surface area contributed by atoms with Gasteiger partial charge in [0, 0.05) is 17.2 Å². The third-order valence-electron chi connectivity index (χ3n) is 3.65. The molecule has 3 aromatic rings. The molecule has 0 aliphatic carbocycles. The van der Waals surface area contributed by atoms with Crippen molar-refractivity contribution in [3.05, 3.63) is 78.5 Å². The molecule has 4 nitrogen and oxygen atoms in total. The van der Waals surface area contributed by atoms with Gasteiger partial charge in [-0.25, -0.2) is 8.96 Å².